The first-order chi connectivity index (χ1) is 12.1. The Morgan fingerprint density at radius 3 is 2.42 bits per heavy atom. The number of amides is 1. The van der Waals surface area contributed by atoms with Crippen LogP contribution in [0.3, 0.4) is 0 Å². The minimum absolute atomic E-state index is 0.0994. The van der Waals surface area contributed by atoms with Gasteiger partial charge in [0.1, 0.15) is 17.1 Å². The molecule has 146 valence electrons. The second-order valence-electron chi connectivity index (χ2n) is 6.88. The fourth-order valence-electron chi connectivity index (χ4n) is 3.24. The quantitative estimate of drug-likeness (QED) is 0.711. The average Bonchev–Trinajstić information content (AvgIpc) is 2.89. The van der Waals surface area contributed by atoms with Crippen molar-refractivity contribution in [3.05, 3.63) is 11.5 Å². The van der Waals surface area contributed by atoms with Gasteiger partial charge >= 0.3 is 5.97 Å². The number of likely N-dealkylation sites (tertiary alicyclic amines) is 1. The number of piperidine rings is 1. The van der Waals surface area contributed by atoms with E-state index in [-0.39, 0.29) is 22.3 Å². The summed E-state index contributed by atoms with van der Waals surface area (Å²) in [5, 5.41) is 3.57. The van der Waals surface area contributed by atoms with Crippen LogP contribution < -0.4 is 4.72 Å². The van der Waals surface area contributed by atoms with Gasteiger partial charge in [0.15, 0.2) is 12.4 Å². The zero-order valence-corrected chi connectivity index (χ0v) is 16.3. The Balaban J connectivity index is 1.83. The highest BCUT2D eigenvalue weighted by Gasteiger charge is 2.27. The largest absolute Gasteiger partial charge is 0.455 e. The van der Waals surface area contributed by atoms with Crippen molar-refractivity contribution >= 4 is 21.9 Å². The van der Waals surface area contributed by atoms with Gasteiger partial charge in [0.05, 0.1) is 0 Å². The molecule has 1 aliphatic heterocycles. The Labute approximate surface area is 153 Å². The van der Waals surface area contributed by atoms with Crippen LogP contribution >= 0.6 is 0 Å². The van der Waals surface area contributed by atoms with Gasteiger partial charge in [0.2, 0.25) is 10.0 Å². The van der Waals surface area contributed by atoms with Gasteiger partial charge in [0, 0.05) is 13.1 Å². The third kappa shape index (κ3) is 5.04. The summed E-state index contributed by atoms with van der Waals surface area (Å²) in [6, 6.07) is 0. The van der Waals surface area contributed by atoms with Crippen molar-refractivity contribution in [2.24, 2.45) is 11.8 Å². The third-order valence-electron chi connectivity index (χ3n) is 4.22. The number of sulfonamides is 1. The summed E-state index contributed by atoms with van der Waals surface area (Å²) >= 11 is 0. The minimum atomic E-state index is -3.95. The maximum Gasteiger partial charge on any atom is 0.321 e. The molecule has 0 aromatic carbocycles. The van der Waals surface area contributed by atoms with Crippen LogP contribution in [0.1, 0.15) is 31.7 Å². The highest BCUT2D eigenvalue weighted by atomic mass is 32.2. The number of nitrogens with one attached hydrogen (secondary N) is 1. The molecule has 1 amide bonds. The Morgan fingerprint density at radius 1 is 1.27 bits per heavy atom. The van der Waals surface area contributed by atoms with Crippen molar-refractivity contribution < 1.29 is 27.3 Å². The Hall–Kier alpha value is -1.94. The number of nitrogens with zero attached hydrogens (tertiary/aromatic N) is 2. The second-order valence-corrected chi connectivity index (χ2v) is 8.59. The molecule has 0 radical (unpaired) electrons. The van der Waals surface area contributed by atoms with Crippen molar-refractivity contribution in [1.82, 2.24) is 14.8 Å². The van der Waals surface area contributed by atoms with E-state index in [0.717, 1.165) is 6.42 Å². The van der Waals surface area contributed by atoms with E-state index in [1.165, 1.54) is 13.8 Å². The smallest absolute Gasteiger partial charge is 0.321 e. The minimum Gasteiger partial charge on any atom is -0.455 e. The average molecular weight is 387 g/mol. The summed E-state index contributed by atoms with van der Waals surface area (Å²) < 4.78 is 36.3. The lowest BCUT2D eigenvalue weighted by molar-refractivity contribution is -0.152. The van der Waals surface area contributed by atoms with Crippen LogP contribution in [0, 0.1) is 25.7 Å². The van der Waals surface area contributed by atoms with Crippen LogP contribution in [0.25, 0.3) is 0 Å². The first-order valence-electron chi connectivity index (χ1n) is 8.46. The molecule has 1 aromatic heterocycles. The van der Waals surface area contributed by atoms with E-state index >= 15 is 0 Å². The molecule has 0 saturated carbocycles. The molecule has 0 bridgehead atoms. The topological polar surface area (TPSA) is 119 Å². The van der Waals surface area contributed by atoms with E-state index < -0.39 is 29.1 Å². The number of aryl methyl sites for hydroxylation is 2. The normalized spacial score (nSPS) is 20.8. The molecule has 2 heterocycles. The van der Waals surface area contributed by atoms with Crippen molar-refractivity contribution in [2.45, 2.75) is 39.0 Å². The molecular weight excluding hydrogens is 362 g/mol. The van der Waals surface area contributed by atoms with E-state index in [4.69, 9.17) is 9.26 Å². The van der Waals surface area contributed by atoms with Gasteiger partial charge in [-0.1, -0.05) is 19.0 Å². The molecule has 1 saturated heterocycles. The van der Waals surface area contributed by atoms with E-state index in [1.807, 2.05) is 0 Å². The zero-order valence-electron chi connectivity index (χ0n) is 15.4. The molecular formula is C16H25N3O6S. The molecule has 0 spiro atoms. The number of esters is 1. The van der Waals surface area contributed by atoms with Crippen LogP contribution in [-0.2, 0) is 24.3 Å². The van der Waals surface area contributed by atoms with Crippen LogP contribution in [0.15, 0.2) is 9.42 Å². The zero-order chi connectivity index (χ0) is 19.5. The van der Waals surface area contributed by atoms with Crippen molar-refractivity contribution in [3.63, 3.8) is 0 Å². The maximum absolute atomic E-state index is 12.2. The lowest BCUT2D eigenvalue weighted by Crippen LogP contribution is -2.44. The van der Waals surface area contributed by atoms with Gasteiger partial charge in [-0.05, 0) is 32.1 Å². The molecule has 2 rings (SSSR count). The third-order valence-corrected chi connectivity index (χ3v) is 5.87. The van der Waals surface area contributed by atoms with Gasteiger partial charge in [-0.25, -0.2) is 8.42 Å². The monoisotopic (exact) mass is 387 g/mol. The number of rotatable bonds is 6. The van der Waals surface area contributed by atoms with Crippen molar-refractivity contribution in [1.29, 1.82) is 0 Å². The Morgan fingerprint density at radius 2 is 1.88 bits per heavy atom. The first-order valence-corrected chi connectivity index (χ1v) is 9.94. The summed E-state index contributed by atoms with van der Waals surface area (Å²) in [4.78, 5) is 25.5. The molecule has 9 nitrogen and oxygen atoms in total. The number of aromatic nitrogens is 1. The highest BCUT2D eigenvalue weighted by molar-refractivity contribution is 7.89. The summed E-state index contributed by atoms with van der Waals surface area (Å²) in [6.45, 7) is 7.41. The molecule has 10 heteroatoms. The summed E-state index contributed by atoms with van der Waals surface area (Å²) in [5.41, 5.74) is 0.201. The van der Waals surface area contributed by atoms with E-state index in [9.17, 15) is 18.0 Å². The summed E-state index contributed by atoms with van der Waals surface area (Å²) in [6.07, 6.45) is 1.06. The number of hydrogen-bond donors (Lipinski definition) is 1. The van der Waals surface area contributed by atoms with Crippen molar-refractivity contribution in [2.75, 3.05) is 26.2 Å². The Kier molecular flexibility index (Phi) is 6.40. The van der Waals surface area contributed by atoms with Gasteiger partial charge in [-0.15, -0.1) is 0 Å². The van der Waals surface area contributed by atoms with Gasteiger partial charge in [-0.2, -0.15) is 4.72 Å². The van der Waals surface area contributed by atoms with Crippen molar-refractivity contribution in [3.8, 4) is 0 Å². The van der Waals surface area contributed by atoms with Crippen LogP contribution in [-0.4, -0.2) is 56.6 Å². The molecule has 1 aromatic rings. The lowest BCUT2D eigenvalue weighted by Gasteiger charge is -2.34. The Bertz CT molecular complexity index is 743. The van der Waals surface area contributed by atoms with Gasteiger partial charge in [-0.3, -0.25) is 9.59 Å². The second kappa shape index (κ2) is 8.17. The maximum atomic E-state index is 12.2. The van der Waals surface area contributed by atoms with E-state index in [1.54, 1.807) is 4.90 Å². The number of carbonyl (C=O) groups is 2. The summed E-state index contributed by atoms with van der Waals surface area (Å²) in [7, 11) is -3.95. The van der Waals surface area contributed by atoms with Gasteiger partial charge in [0.25, 0.3) is 5.91 Å². The standard InChI is InChI=1S/C16H25N3O6S/c1-10-5-11(2)8-19(7-10)14(20)9-24-15(21)6-17-26(22,23)16-12(3)18-25-13(16)4/h10-11,17H,5-9H2,1-4H3/t10-,11+. The fourth-order valence-corrected chi connectivity index (χ4v) is 4.53. The fraction of sp³-hybridized carbons (Fsp3) is 0.688. The lowest BCUT2D eigenvalue weighted by atomic mass is 9.92. The predicted molar refractivity (Wildman–Crippen MR) is 91.6 cm³/mol. The highest BCUT2D eigenvalue weighted by Crippen LogP contribution is 2.21. The molecule has 2 atom stereocenters. The number of ether oxygens (including phenoxy) is 1. The van der Waals surface area contributed by atoms with E-state index in [2.05, 4.69) is 23.7 Å². The number of hydrogen-bond acceptors (Lipinski definition) is 7. The summed E-state index contributed by atoms with van der Waals surface area (Å²) in [5.74, 6) is -0.162. The molecule has 0 aliphatic carbocycles. The molecule has 1 N–H and O–H groups in total. The molecule has 0 unspecified atom stereocenters. The molecule has 1 fully saturated rings. The van der Waals surface area contributed by atoms with E-state index in [0.29, 0.717) is 24.9 Å². The first kappa shape index (κ1) is 20.4. The SMILES string of the molecule is Cc1noc(C)c1S(=O)(=O)NCC(=O)OCC(=O)N1C[C@H](C)C[C@H](C)C1. The van der Waals surface area contributed by atoms with Gasteiger partial charge < -0.3 is 14.2 Å². The number of carbonyl (C=O) groups excluding carboxylic acids is 2. The molecule has 1 aliphatic rings. The predicted octanol–water partition coefficient (Wildman–Crippen LogP) is 0.617. The van der Waals surface area contributed by atoms with Crippen LogP contribution in [0.2, 0.25) is 0 Å². The van der Waals surface area contributed by atoms with Crippen LogP contribution in [0.5, 0.6) is 0 Å². The molecule has 26 heavy (non-hydrogen) atoms. The van der Waals surface area contributed by atoms with Crippen LogP contribution in [0.4, 0.5) is 0 Å².